The third-order valence-corrected chi connectivity index (χ3v) is 3.42. The molecule has 0 spiro atoms. The second-order valence-corrected chi connectivity index (χ2v) is 4.71. The largest absolute Gasteiger partial charge is 0.495 e. The number of methoxy groups -OCH3 is 1. The third-order valence-electron chi connectivity index (χ3n) is 3.42. The van der Waals surface area contributed by atoms with Crippen molar-refractivity contribution in [1.29, 1.82) is 0 Å². The first-order chi connectivity index (χ1) is 9.37. The number of nitrogens with zero attached hydrogens (tertiary/aromatic N) is 1. The van der Waals surface area contributed by atoms with Gasteiger partial charge in [0.25, 0.3) is 5.69 Å². The molecule has 7 heteroatoms. The number of carbonyl (C=O) groups is 1. The molecule has 0 heterocycles. The minimum absolute atomic E-state index is 0.118. The van der Waals surface area contributed by atoms with Crippen LogP contribution in [0, 0.1) is 15.5 Å². The molecule has 1 atom stereocenters. The lowest BCUT2D eigenvalue weighted by Gasteiger charge is -2.25. The van der Waals surface area contributed by atoms with Crippen LogP contribution in [0.15, 0.2) is 18.2 Å². The molecule has 3 N–H and O–H groups in total. The highest BCUT2D eigenvalue weighted by molar-refractivity contribution is 5.96. The molecular formula is C13H19N3O4. The maximum absolute atomic E-state index is 12.2. The van der Waals surface area contributed by atoms with E-state index in [0.29, 0.717) is 12.2 Å². The monoisotopic (exact) mass is 281 g/mol. The van der Waals surface area contributed by atoms with Crippen molar-refractivity contribution in [3.05, 3.63) is 28.3 Å². The number of nitrogens with two attached hydrogens (primary N) is 1. The van der Waals surface area contributed by atoms with Crippen LogP contribution in [0.4, 0.5) is 11.4 Å². The SMILES string of the molecule is CCC(C)(CN)C(=O)Nc1cc([N+](=O)[O-])ccc1OC. The number of ether oxygens (including phenoxy) is 1. The molecule has 20 heavy (non-hydrogen) atoms. The Hall–Kier alpha value is -2.15. The number of nitro benzene ring substituents is 1. The molecular weight excluding hydrogens is 262 g/mol. The van der Waals surface area contributed by atoms with Crippen molar-refractivity contribution < 1.29 is 14.5 Å². The number of amides is 1. The topological polar surface area (TPSA) is 107 Å². The summed E-state index contributed by atoms with van der Waals surface area (Å²) in [7, 11) is 1.43. The van der Waals surface area contributed by atoms with Crippen LogP contribution in [0.25, 0.3) is 0 Å². The van der Waals surface area contributed by atoms with Crippen LogP contribution >= 0.6 is 0 Å². The van der Waals surface area contributed by atoms with Crippen LogP contribution < -0.4 is 15.8 Å². The minimum atomic E-state index is -0.727. The second-order valence-electron chi connectivity index (χ2n) is 4.71. The van der Waals surface area contributed by atoms with Crippen molar-refractivity contribution in [2.75, 3.05) is 19.0 Å². The maximum Gasteiger partial charge on any atom is 0.271 e. The fraction of sp³-hybridized carbons (Fsp3) is 0.462. The number of hydrogen-bond acceptors (Lipinski definition) is 5. The number of non-ortho nitro benzene ring substituents is 1. The molecule has 0 aliphatic carbocycles. The fourth-order valence-electron chi connectivity index (χ4n) is 1.58. The number of hydrogen-bond donors (Lipinski definition) is 2. The van der Waals surface area contributed by atoms with Crippen LogP contribution in [-0.4, -0.2) is 24.5 Å². The van der Waals surface area contributed by atoms with Gasteiger partial charge >= 0.3 is 0 Å². The van der Waals surface area contributed by atoms with Crippen LogP contribution in [0.3, 0.4) is 0 Å². The normalized spacial score (nSPS) is 13.4. The molecule has 1 rings (SSSR count). The maximum atomic E-state index is 12.2. The van der Waals surface area contributed by atoms with E-state index in [1.807, 2.05) is 6.92 Å². The summed E-state index contributed by atoms with van der Waals surface area (Å²) in [6, 6.07) is 4.03. The standard InChI is InChI=1S/C13H19N3O4/c1-4-13(2,8-14)12(17)15-10-7-9(16(18)19)5-6-11(10)20-3/h5-7H,4,8,14H2,1-3H3,(H,15,17). The van der Waals surface area contributed by atoms with Crippen molar-refractivity contribution in [3.8, 4) is 5.75 Å². The molecule has 1 aromatic carbocycles. The molecule has 0 saturated carbocycles. The fourth-order valence-corrected chi connectivity index (χ4v) is 1.58. The zero-order chi connectivity index (χ0) is 15.3. The first kappa shape index (κ1) is 15.9. The van der Waals surface area contributed by atoms with E-state index >= 15 is 0 Å². The van der Waals surface area contributed by atoms with Gasteiger partial charge in [0.2, 0.25) is 5.91 Å². The number of benzene rings is 1. The zero-order valence-corrected chi connectivity index (χ0v) is 11.8. The average Bonchev–Trinajstić information content (AvgIpc) is 2.46. The van der Waals surface area contributed by atoms with Crippen molar-refractivity contribution in [1.82, 2.24) is 0 Å². The third kappa shape index (κ3) is 3.24. The highest BCUT2D eigenvalue weighted by Crippen LogP contribution is 2.31. The van der Waals surface area contributed by atoms with Crippen LogP contribution in [-0.2, 0) is 4.79 Å². The van der Waals surface area contributed by atoms with Gasteiger partial charge in [0, 0.05) is 18.7 Å². The molecule has 1 unspecified atom stereocenters. The Morgan fingerprint density at radius 1 is 1.55 bits per heavy atom. The van der Waals surface area contributed by atoms with Crippen molar-refractivity contribution in [2.45, 2.75) is 20.3 Å². The molecule has 7 nitrogen and oxygen atoms in total. The lowest BCUT2D eigenvalue weighted by molar-refractivity contribution is -0.384. The Balaban J connectivity index is 3.10. The lowest BCUT2D eigenvalue weighted by Crippen LogP contribution is -2.39. The molecule has 0 saturated heterocycles. The summed E-state index contributed by atoms with van der Waals surface area (Å²) >= 11 is 0. The summed E-state index contributed by atoms with van der Waals surface area (Å²) in [5.74, 6) is 0.0701. The smallest absolute Gasteiger partial charge is 0.271 e. The quantitative estimate of drug-likeness (QED) is 0.611. The summed E-state index contributed by atoms with van der Waals surface area (Å²) in [6.07, 6.45) is 0.562. The summed E-state index contributed by atoms with van der Waals surface area (Å²) < 4.78 is 5.09. The Morgan fingerprint density at radius 3 is 2.65 bits per heavy atom. The lowest BCUT2D eigenvalue weighted by atomic mass is 9.86. The molecule has 0 bridgehead atoms. The van der Waals surface area contributed by atoms with E-state index in [-0.39, 0.29) is 23.8 Å². The van der Waals surface area contributed by atoms with Gasteiger partial charge in [0.05, 0.1) is 23.1 Å². The van der Waals surface area contributed by atoms with Crippen LogP contribution in [0.1, 0.15) is 20.3 Å². The van der Waals surface area contributed by atoms with Gasteiger partial charge in [-0.25, -0.2) is 0 Å². The predicted octanol–water partition coefficient (Wildman–Crippen LogP) is 1.92. The molecule has 1 aromatic rings. The van der Waals surface area contributed by atoms with E-state index in [1.54, 1.807) is 6.92 Å². The molecule has 110 valence electrons. The summed E-state index contributed by atoms with van der Waals surface area (Å²) in [6.45, 7) is 3.79. The van der Waals surface area contributed by atoms with E-state index in [9.17, 15) is 14.9 Å². The summed E-state index contributed by atoms with van der Waals surface area (Å²) in [5, 5.41) is 13.4. The molecule has 0 fully saturated rings. The minimum Gasteiger partial charge on any atom is -0.495 e. The molecule has 1 amide bonds. The number of nitro groups is 1. The Morgan fingerprint density at radius 2 is 2.20 bits per heavy atom. The van der Waals surface area contributed by atoms with E-state index < -0.39 is 10.3 Å². The van der Waals surface area contributed by atoms with Crippen molar-refractivity contribution >= 4 is 17.3 Å². The van der Waals surface area contributed by atoms with E-state index in [0.717, 1.165) is 0 Å². The van der Waals surface area contributed by atoms with E-state index in [1.165, 1.54) is 25.3 Å². The molecule has 0 aliphatic heterocycles. The van der Waals surface area contributed by atoms with E-state index in [2.05, 4.69) is 5.32 Å². The van der Waals surface area contributed by atoms with Gasteiger partial charge in [-0.05, 0) is 19.4 Å². The van der Waals surface area contributed by atoms with Crippen molar-refractivity contribution in [2.24, 2.45) is 11.1 Å². The Bertz CT molecular complexity index is 512. The van der Waals surface area contributed by atoms with Crippen LogP contribution in [0.5, 0.6) is 5.75 Å². The molecule has 0 aliphatic rings. The molecule has 0 radical (unpaired) electrons. The van der Waals surface area contributed by atoms with Crippen molar-refractivity contribution in [3.63, 3.8) is 0 Å². The highest BCUT2D eigenvalue weighted by Gasteiger charge is 2.30. The number of carbonyl (C=O) groups excluding carboxylic acids is 1. The van der Waals surface area contributed by atoms with Gasteiger partial charge in [0.1, 0.15) is 5.75 Å². The summed E-state index contributed by atoms with van der Waals surface area (Å²) in [5.41, 5.74) is 5.04. The number of anilines is 1. The first-order valence-electron chi connectivity index (χ1n) is 6.22. The van der Waals surface area contributed by atoms with Crippen LogP contribution in [0.2, 0.25) is 0 Å². The van der Waals surface area contributed by atoms with Gasteiger partial charge < -0.3 is 15.8 Å². The average molecular weight is 281 g/mol. The Labute approximate surface area is 117 Å². The second kappa shape index (κ2) is 6.33. The Kier molecular flexibility index (Phi) is 5.04. The molecule has 0 aromatic heterocycles. The summed E-state index contributed by atoms with van der Waals surface area (Å²) in [4.78, 5) is 22.5. The predicted molar refractivity (Wildman–Crippen MR) is 75.7 cm³/mol. The van der Waals surface area contributed by atoms with Gasteiger partial charge in [-0.1, -0.05) is 6.92 Å². The highest BCUT2D eigenvalue weighted by atomic mass is 16.6. The number of rotatable bonds is 6. The van der Waals surface area contributed by atoms with Gasteiger partial charge in [-0.3, -0.25) is 14.9 Å². The van der Waals surface area contributed by atoms with Gasteiger partial charge in [-0.15, -0.1) is 0 Å². The van der Waals surface area contributed by atoms with E-state index in [4.69, 9.17) is 10.5 Å². The van der Waals surface area contributed by atoms with Gasteiger partial charge in [0.15, 0.2) is 0 Å². The van der Waals surface area contributed by atoms with Gasteiger partial charge in [-0.2, -0.15) is 0 Å². The first-order valence-corrected chi connectivity index (χ1v) is 6.22. The zero-order valence-electron chi connectivity index (χ0n) is 11.8. The number of nitrogens with one attached hydrogen (secondary N) is 1.